The second-order valence-corrected chi connectivity index (χ2v) is 10.4. The molecule has 2 aliphatic rings. The summed E-state index contributed by atoms with van der Waals surface area (Å²) in [7, 11) is -2.64. The van der Waals surface area contributed by atoms with Gasteiger partial charge in [-0.2, -0.15) is 0 Å². The Hall–Kier alpha value is -2.58. The lowest BCUT2D eigenvalue weighted by Gasteiger charge is -2.19. The molecule has 2 amide bonds. The van der Waals surface area contributed by atoms with Crippen LogP contribution in [0.2, 0.25) is 5.02 Å². The molecule has 170 valence electrons. The van der Waals surface area contributed by atoms with Gasteiger partial charge in [0, 0.05) is 5.02 Å². The second-order valence-electron chi connectivity index (χ2n) is 8.31. The van der Waals surface area contributed by atoms with Crippen molar-refractivity contribution in [3.8, 4) is 5.75 Å². The molecule has 1 heterocycles. The summed E-state index contributed by atoms with van der Waals surface area (Å²) in [5.74, 6) is -0.649. The Kier molecular flexibility index (Phi) is 6.18. The Morgan fingerprint density at radius 1 is 1.06 bits per heavy atom. The number of carbonyl (C=O) groups is 2. The quantitative estimate of drug-likeness (QED) is 0.632. The molecule has 2 fully saturated rings. The lowest BCUT2D eigenvalue weighted by molar-refractivity contribution is -0.140. The van der Waals surface area contributed by atoms with Crippen LogP contribution in [-0.2, 0) is 26.2 Å². The molecule has 0 aromatic heterocycles. The highest BCUT2D eigenvalue weighted by Crippen LogP contribution is 2.39. The first-order valence-electron chi connectivity index (χ1n) is 10.5. The van der Waals surface area contributed by atoms with Gasteiger partial charge in [0.05, 0.1) is 31.2 Å². The molecule has 1 saturated carbocycles. The minimum absolute atomic E-state index is 0.0351. The highest BCUT2D eigenvalue weighted by Gasteiger charge is 2.47. The van der Waals surface area contributed by atoms with Crippen molar-refractivity contribution in [3.63, 3.8) is 0 Å². The average molecular weight is 477 g/mol. The molecule has 1 saturated heterocycles. The molecule has 0 spiro atoms. The smallest absolute Gasteiger partial charge is 0.265 e. The van der Waals surface area contributed by atoms with Crippen LogP contribution < -0.4 is 9.46 Å². The van der Waals surface area contributed by atoms with Gasteiger partial charge in [0.15, 0.2) is 0 Å². The van der Waals surface area contributed by atoms with E-state index in [4.69, 9.17) is 16.3 Å². The summed E-state index contributed by atoms with van der Waals surface area (Å²) in [6, 6.07) is 9.59. The maximum absolute atomic E-state index is 13.2. The number of ether oxygens (including phenoxy) is 1. The standard InChI is InChI=1S/C23H25ClN2O5S/c1-14-7-9-16(24)12-19(14)25-32(29,30)21-11-15(8-10-20(21)31-2)13-26-22(27)17-5-3-4-6-18(17)23(26)28/h7-12,17-18,25H,3-6,13H2,1-2H3. The van der Waals surface area contributed by atoms with Gasteiger partial charge in [0.1, 0.15) is 10.6 Å². The molecule has 0 radical (unpaired) electrons. The number of likely N-dealkylation sites (tertiary alicyclic amines) is 1. The highest BCUT2D eigenvalue weighted by atomic mass is 35.5. The van der Waals surface area contributed by atoms with Gasteiger partial charge in [-0.1, -0.05) is 36.6 Å². The molecular formula is C23H25ClN2O5S. The summed E-state index contributed by atoms with van der Waals surface area (Å²) >= 11 is 6.02. The van der Waals surface area contributed by atoms with Gasteiger partial charge in [-0.15, -0.1) is 0 Å². The zero-order valence-electron chi connectivity index (χ0n) is 17.9. The van der Waals surface area contributed by atoms with Crippen molar-refractivity contribution < 1.29 is 22.7 Å². The van der Waals surface area contributed by atoms with E-state index < -0.39 is 10.0 Å². The summed E-state index contributed by atoms with van der Waals surface area (Å²) in [6.45, 7) is 1.80. The molecular weight excluding hydrogens is 452 g/mol. The van der Waals surface area contributed by atoms with Crippen molar-refractivity contribution in [2.45, 2.75) is 44.0 Å². The predicted molar refractivity (Wildman–Crippen MR) is 121 cm³/mol. The minimum atomic E-state index is -4.02. The molecule has 2 atom stereocenters. The summed E-state index contributed by atoms with van der Waals surface area (Å²) < 4.78 is 34.2. The maximum atomic E-state index is 13.2. The number of aryl methyl sites for hydroxylation is 1. The monoisotopic (exact) mass is 476 g/mol. The number of amides is 2. The van der Waals surface area contributed by atoms with E-state index in [9.17, 15) is 18.0 Å². The zero-order chi connectivity index (χ0) is 23.0. The number of sulfonamides is 1. The van der Waals surface area contributed by atoms with E-state index in [0.717, 1.165) is 25.7 Å². The SMILES string of the molecule is COc1ccc(CN2C(=O)C3CCCCC3C2=O)cc1S(=O)(=O)Nc1cc(Cl)ccc1C. The number of nitrogens with one attached hydrogen (secondary N) is 1. The Balaban J connectivity index is 1.63. The summed E-state index contributed by atoms with van der Waals surface area (Å²) in [5.41, 5.74) is 1.61. The van der Waals surface area contributed by atoms with Crippen molar-refractivity contribution in [3.05, 3.63) is 52.5 Å². The Labute approximate surface area is 192 Å². The number of carbonyl (C=O) groups excluding carboxylic acids is 2. The number of fused-ring (bicyclic) bond motifs is 1. The van der Waals surface area contributed by atoms with Crippen LogP contribution >= 0.6 is 11.6 Å². The van der Waals surface area contributed by atoms with Crippen LogP contribution in [0.3, 0.4) is 0 Å². The third-order valence-corrected chi connectivity index (χ3v) is 7.86. The lowest BCUT2D eigenvalue weighted by atomic mass is 9.81. The first-order chi connectivity index (χ1) is 15.2. The van der Waals surface area contributed by atoms with E-state index in [1.54, 1.807) is 25.1 Å². The topological polar surface area (TPSA) is 92.8 Å². The molecule has 1 aliphatic carbocycles. The van der Waals surface area contributed by atoms with E-state index >= 15 is 0 Å². The van der Waals surface area contributed by atoms with E-state index in [-0.39, 0.29) is 40.8 Å². The van der Waals surface area contributed by atoms with Crippen LogP contribution in [0.1, 0.15) is 36.8 Å². The Morgan fingerprint density at radius 3 is 2.34 bits per heavy atom. The Bertz CT molecular complexity index is 1160. The summed E-state index contributed by atoms with van der Waals surface area (Å²) in [5, 5.41) is 0.404. The van der Waals surface area contributed by atoms with Crippen molar-refractivity contribution >= 4 is 39.1 Å². The number of benzene rings is 2. The zero-order valence-corrected chi connectivity index (χ0v) is 19.5. The van der Waals surface area contributed by atoms with Crippen molar-refractivity contribution in [1.29, 1.82) is 0 Å². The van der Waals surface area contributed by atoms with Crippen LogP contribution in [-0.4, -0.2) is 32.2 Å². The van der Waals surface area contributed by atoms with Gasteiger partial charge in [-0.25, -0.2) is 8.42 Å². The Morgan fingerprint density at radius 2 is 1.72 bits per heavy atom. The average Bonchev–Trinajstić information content (AvgIpc) is 3.01. The molecule has 2 unspecified atom stereocenters. The maximum Gasteiger partial charge on any atom is 0.265 e. The van der Waals surface area contributed by atoms with Crippen LogP contribution in [0.5, 0.6) is 5.75 Å². The van der Waals surface area contributed by atoms with Crippen LogP contribution in [0.25, 0.3) is 0 Å². The molecule has 32 heavy (non-hydrogen) atoms. The van der Waals surface area contributed by atoms with E-state index in [1.807, 2.05) is 0 Å². The number of methoxy groups -OCH3 is 1. The van der Waals surface area contributed by atoms with Gasteiger partial charge in [-0.05, 0) is 55.2 Å². The normalized spacial score (nSPS) is 20.9. The number of hydrogen-bond acceptors (Lipinski definition) is 5. The summed E-state index contributed by atoms with van der Waals surface area (Å²) in [6.07, 6.45) is 3.37. The first kappa shape index (κ1) is 22.6. The lowest BCUT2D eigenvalue weighted by Crippen LogP contribution is -2.30. The van der Waals surface area contributed by atoms with Crippen LogP contribution in [0.4, 0.5) is 5.69 Å². The van der Waals surface area contributed by atoms with Crippen molar-refractivity contribution in [2.75, 3.05) is 11.8 Å². The van der Waals surface area contributed by atoms with Gasteiger partial charge in [0.25, 0.3) is 10.0 Å². The fraction of sp³-hybridized carbons (Fsp3) is 0.391. The van der Waals surface area contributed by atoms with Crippen LogP contribution in [0.15, 0.2) is 41.3 Å². The minimum Gasteiger partial charge on any atom is -0.495 e. The largest absolute Gasteiger partial charge is 0.495 e. The fourth-order valence-electron chi connectivity index (χ4n) is 4.50. The first-order valence-corrected chi connectivity index (χ1v) is 12.4. The second kappa shape index (κ2) is 8.75. The van der Waals surface area contributed by atoms with E-state index in [1.165, 1.54) is 30.2 Å². The molecule has 2 aromatic rings. The predicted octanol–water partition coefficient (Wildman–Crippen LogP) is 4.13. The number of rotatable bonds is 6. The molecule has 7 nitrogen and oxygen atoms in total. The highest BCUT2D eigenvalue weighted by molar-refractivity contribution is 7.92. The van der Waals surface area contributed by atoms with Crippen molar-refractivity contribution in [2.24, 2.45) is 11.8 Å². The number of nitrogens with zero attached hydrogens (tertiary/aromatic N) is 1. The number of anilines is 1. The van der Waals surface area contributed by atoms with E-state index in [0.29, 0.717) is 21.8 Å². The summed E-state index contributed by atoms with van der Waals surface area (Å²) in [4.78, 5) is 26.8. The molecule has 2 aromatic carbocycles. The van der Waals surface area contributed by atoms with Gasteiger partial charge in [-0.3, -0.25) is 19.2 Å². The molecule has 1 N–H and O–H groups in total. The third kappa shape index (κ3) is 4.21. The number of hydrogen-bond donors (Lipinski definition) is 1. The van der Waals surface area contributed by atoms with Crippen molar-refractivity contribution in [1.82, 2.24) is 4.90 Å². The molecule has 1 aliphatic heterocycles. The number of imide groups is 1. The number of halogens is 1. The van der Waals surface area contributed by atoms with Crippen LogP contribution in [0, 0.1) is 18.8 Å². The molecule has 4 rings (SSSR count). The van der Waals surface area contributed by atoms with Gasteiger partial charge >= 0.3 is 0 Å². The molecule has 0 bridgehead atoms. The third-order valence-electron chi connectivity index (χ3n) is 6.23. The fourth-order valence-corrected chi connectivity index (χ4v) is 6.02. The van der Waals surface area contributed by atoms with Gasteiger partial charge in [0.2, 0.25) is 11.8 Å². The van der Waals surface area contributed by atoms with E-state index in [2.05, 4.69) is 4.72 Å². The molecule has 9 heteroatoms. The van der Waals surface area contributed by atoms with Gasteiger partial charge < -0.3 is 4.74 Å².